The van der Waals surface area contributed by atoms with Crippen LogP contribution in [0.3, 0.4) is 0 Å². The summed E-state index contributed by atoms with van der Waals surface area (Å²) >= 11 is 1.70. The zero-order chi connectivity index (χ0) is 13.4. The third kappa shape index (κ3) is 5.78. The van der Waals surface area contributed by atoms with Crippen molar-refractivity contribution in [1.82, 2.24) is 4.90 Å². The first kappa shape index (κ1) is 15.4. The molecule has 4 heteroatoms. The van der Waals surface area contributed by atoms with Crippen LogP contribution >= 0.6 is 11.3 Å². The third-order valence-corrected chi connectivity index (χ3v) is 3.42. The number of aliphatic hydroxyl groups is 1. The zero-order valence-electron chi connectivity index (χ0n) is 11.2. The second-order valence-electron chi connectivity index (χ2n) is 4.63. The van der Waals surface area contributed by atoms with E-state index in [1.807, 2.05) is 0 Å². The van der Waals surface area contributed by atoms with Crippen LogP contribution < -0.4 is 0 Å². The van der Waals surface area contributed by atoms with Crippen molar-refractivity contribution in [1.29, 1.82) is 0 Å². The summed E-state index contributed by atoms with van der Waals surface area (Å²) in [6, 6.07) is 2.53. The lowest BCUT2D eigenvalue weighted by Gasteiger charge is -2.28. The minimum Gasteiger partial charge on any atom is -0.389 e. The Morgan fingerprint density at radius 1 is 1.56 bits per heavy atom. The van der Waals surface area contributed by atoms with Gasteiger partial charge >= 0.3 is 0 Å². The van der Waals surface area contributed by atoms with Crippen LogP contribution in [0.4, 0.5) is 0 Å². The van der Waals surface area contributed by atoms with Gasteiger partial charge in [-0.2, -0.15) is 11.3 Å². The lowest BCUT2D eigenvalue weighted by atomic mass is 10.2. The molecule has 0 amide bonds. The molecule has 3 nitrogen and oxygen atoms in total. The number of hydrogen-bond donors (Lipinski definition) is 1. The van der Waals surface area contributed by atoms with Crippen LogP contribution in [0.15, 0.2) is 29.5 Å². The molecule has 102 valence electrons. The molecule has 1 rings (SSSR count). The van der Waals surface area contributed by atoms with Crippen molar-refractivity contribution in [2.24, 2.45) is 0 Å². The van der Waals surface area contributed by atoms with Gasteiger partial charge in [0.05, 0.1) is 19.3 Å². The van der Waals surface area contributed by atoms with Crippen LogP contribution in [0.2, 0.25) is 0 Å². The van der Waals surface area contributed by atoms with E-state index in [-0.39, 0.29) is 0 Å². The summed E-state index contributed by atoms with van der Waals surface area (Å²) in [6.07, 6.45) is 1.24. The highest BCUT2D eigenvalue weighted by Crippen LogP contribution is 2.12. The normalized spacial score (nSPS) is 13.2. The standard InChI is InChI=1S/C14H23NO2S/c1-4-6-17-10-14(16)9-15(12(2)3)8-13-5-7-18-11-13/h4-5,7,11-12,14,16H,1,6,8-10H2,2-3H3. The van der Waals surface area contributed by atoms with Gasteiger partial charge in [0.1, 0.15) is 0 Å². The van der Waals surface area contributed by atoms with Gasteiger partial charge < -0.3 is 9.84 Å². The van der Waals surface area contributed by atoms with Gasteiger partial charge in [-0.25, -0.2) is 0 Å². The summed E-state index contributed by atoms with van der Waals surface area (Å²) in [7, 11) is 0. The summed E-state index contributed by atoms with van der Waals surface area (Å²) in [4.78, 5) is 2.25. The predicted molar refractivity (Wildman–Crippen MR) is 76.9 cm³/mol. The predicted octanol–water partition coefficient (Wildman–Crippen LogP) is 2.52. The molecule has 1 atom stereocenters. The molecule has 0 aliphatic heterocycles. The van der Waals surface area contributed by atoms with Crippen molar-refractivity contribution in [3.63, 3.8) is 0 Å². The van der Waals surface area contributed by atoms with Crippen molar-refractivity contribution in [3.8, 4) is 0 Å². The van der Waals surface area contributed by atoms with Crippen molar-refractivity contribution >= 4 is 11.3 Å². The average molecular weight is 269 g/mol. The van der Waals surface area contributed by atoms with E-state index in [4.69, 9.17) is 4.74 Å². The zero-order valence-corrected chi connectivity index (χ0v) is 12.0. The smallest absolute Gasteiger partial charge is 0.0900 e. The molecular formula is C14H23NO2S. The molecule has 1 N–H and O–H groups in total. The molecule has 0 bridgehead atoms. The summed E-state index contributed by atoms with van der Waals surface area (Å²) < 4.78 is 5.27. The number of thiophene rings is 1. The molecule has 0 saturated heterocycles. The highest BCUT2D eigenvalue weighted by molar-refractivity contribution is 7.07. The molecule has 0 radical (unpaired) electrons. The summed E-state index contributed by atoms with van der Waals surface area (Å²) in [5.41, 5.74) is 1.30. The van der Waals surface area contributed by atoms with Gasteiger partial charge in [0.2, 0.25) is 0 Å². The van der Waals surface area contributed by atoms with Crippen LogP contribution in [0.1, 0.15) is 19.4 Å². The minimum absolute atomic E-state index is 0.360. The molecule has 0 aliphatic carbocycles. The van der Waals surface area contributed by atoms with Crippen molar-refractivity contribution in [2.45, 2.75) is 32.5 Å². The molecule has 1 aromatic rings. The Kier molecular flexibility index (Phi) is 7.20. The number of rotatable bonds is 9. The Labute approximate surface area is 114 Å². The Morgan fingerprint density at radius 3 is 2.89 bits per heavy atom. The van der Waals surface area contributed by atoms with Gasteiger partial charge in [0.25, 0.3) is 0 Å². The highest BCUT2D eigenvalue weighted by Gasteiger charge is 2.15. The largest absolute Gasteiger partial charge is 0.389 e. The topological polar surface area (TPSA) is 32.7 Å². The lowest BCUT2D eigenvalue weighted by molar-refractivity contribution is 0.0179. The summed E-state index contributed by atoms with van der Waals surface area (Å²) in [6.45, 7) is 10.2. The quantitative estimate of drug-likeness (QED) is 0.552. The Bertz CT molecular complexity index is 325. The Hall–Kier alpha value is -0.680. The van der Waals surface area contributed by atoms with E-state index in [1.165, 1.54) is 5.56 Å². The van der Waals surface area contributed by atoms with Crippen molar-refractivity contribution in [2.75, 3.05) is 19.8 Å². The molecule has 1 heterocycles. The van der Waals surface area contributed by atoms with Gasteiger partial charge in [-0.1, -0.05) is 6.08 Å². The molecule has 0 aliphatic rings. The van der Waals surface area contributed by atoms with E-state index >= 15 is 0 Å². The van der Waals surface area contributed by atoms with Crippen molar-refractivity contribution in [3.05, 3.63) is 35.0 Å². The lowest BCUT2D eigenvalue weighted by Crippen LogP contribution is -2.38. The fraction of sp³-hybridized carbons (Fsp3) is 0.571. The van der Waals surface area contributed by atoms with E-state index in [0.717, 1.165) is 6.54 Å². The van der Waals surface area contributed by atoms with E-state index in [1.54, 1.807) is 17.4 Å². The van der Waals surface area contributed by atoms with Crippen LogP contribution in [0.5, 0.6) is 0 Å². The maximum atomic E-state index is 9.93. The van der Waals surface area contributed by atoms with E-state index in [0.29, 0.717) is 25.8 Å². The van der Waals surface area contributed by atoms with Crippen molar-refractivity contribution < 1.29 is 9.84 Å². The fourth-order valence-electron chi connectivity index (χ4n) is 1.69. The van der Waals surface area contributed by atoms with E-state index < -0.39 is 6.10 Å². The summed E-state index contributed by atoms with van der Waals surface area (Å²) in [5, 5.41) is 14.2. The van der Waals surface area contributed by atoms with Gasteiger partial charge in [0.15, 0.2) is 0 Å². The SMILES string of the molecule is C=CCOCC(O)CN(Cc1ccsc1)C(C)C. The number of ether oxygens (including phenoxy) is 1. The van der Waals surface area contributed by atoms with Gasteiger partial charge in [-0.3, -0.25) is 4.90 Å². The molecule has 0 fully saturated rings. The maximum Gasteiger partial charge on any atom is 0.0900 e. The van der Waals surface area contributed by atoms with Crippen LogP contribution in [-0.2, 0) is 11.3 Å². The average Bonchev–Trinajstić information content (AvgIpc) is 2.81. The molecule has 1 unspecified atom stereocenters. The second-order valence-corrected chi connectivity index (χ2v) is 5.41. The molecule has 1 aromatic heterocycles. The maximum absolute atomic E-state index is 9.93. The third-order valence-electron chi connectivity index (χ3n) is 2.69. The van der Waals surface area contributed by atoms with Crippen LogP contribution in [0.25, 0.3) is 0 Å². The van der Waals surface area contributed by atoms with Crippen LogP contribution in [-0.4, -0.2) is 41.9 Å². The highest BCUT2D eigenvalue weighted by atomic mass is 32.1. The molecule has 0 spiro atoms. The number of aliphatic hydroxyl groups excluding tert-OH is 1. The fourth-order valence-corrected chi connectivity index (χ4v) is 2.35. The van der Waals surface area contributed by atoms with Gasteiger partial charge in [0, 0.05) is 19.1 Å². The van der Waals surface area contributed by atoms with Gasteiger partial charge in [-0.05, 0) is 36.2 Å². The summed E-state index contributed by atoms with van der Waals surface area (Å²) in [5.74, 6) is 0. The Balaban J connectivity index is 2.39. The Morgan fingerprint density at radius 2 is 2.33 bits per heavy atom. The second kappa shape index (κ2) is 8.43. The molecule has 0 saturated carbocycles. The van der Waals surface area contributed by atoms with Crippen LogP contribution in [0, 0.1) is 0 Å². The number of hydrogen-bond acceptors (Lipinski definition) is 4. The molecule has 18 heavy (non-hydrogen) atoms. The first-order valence-corrected chi connectivity index (χ1v) is 7.19. The van der Waals surface area contributed by atoms with E-state index in [9.17, 15) is 5.11 Å². The van der Waals surface area contributed by atoms with E-state index in [2.05, 4.69) is 42.2 Å². The van der Waals surface area contributed by atoms with Gasteiger partial charge in [-0.15, -0.1) is 6.58 Å². The first-order chi connectivity index (χ1) is 8.63. The monoisotopic (exact) mass is 269 g/mol. The molecular weight excluding hydrogens is 246 g/mol. The number of nitrogens with zero attached hydrogens (tertiary/aromatic N) is 1. The minimum atomic E-state index is -0.453. The molecule has 0 aromatic carbocycles. The first-order valence-electron chi connectivity index (χ1n) is 6.25.